The first-order chi connectivity index (χ1) is 12.9. The highest BCUT2D eigenvalue weighted by Crippen LogP contribution is 2.39. The molecule has 7 nitrogen and oxygen atoms in total. The van der Waals surface area contributed by atoms with Crippen LogP contribution in [0, 0.1) is 17.2 Å². The number of hydrogen-bond donors (Lipinski definition) is 3. The zero-order valence-corrected chi connectivity index (χ0v) is 15.6. The molecule has 1 aromatic rings. The second-order valence-corrected chi connectivity index (χ2v) is 7.58. The highest BCUT2D eigenvalue weighted by Gasteiger charge is 2.42. The molecule has 3 N–H and O–H groups in total. The van der Waals surface area contributed by atoms with Crippen LogP contribution in [0.4, 0.5) is 5.69 Å². The fourth-order valence-corrected chi connectivity index (χ4v) is 3.52. The van der Waals surface area contributed by atoms with E-state index in [-0.39, 0.29) is 24.3 Å². The normalized spacial score (nSPS) is 21.7. The molecule has 2 aliphatic rings. The lowest BCUT2D eigenvalue weighted by molar-refractivity contribution is -0.120. The zero-order valence-electron chi connectivity index (χ0n) is 15.6. The number of nitrogens with one attached hydrogen (secondary N) is 2. The van der Waals surface area contributed by atoms with Gasteiger partial charge in [0.05, 0.1) is 24.3 Å². The van der Waals surface area contributed by atoms with Gasteiger partial charge >= 0.3 is 0 Å². The molecule has 0 radical (unpaired) electrons. The summed E-state index contributed by atoms with van der Waals surface area (Å²) in [5.74, 6) is -0.218. The van der Waals surface area contributed by atoms with Crippen molar-refractivity contribution in [2.75, 3.05) is 25.0 Å². The molecule has 1 aliphatic carbocycles. The number of anilines is 1. The molecule has 7 heteroatoms. The first-order valence-corrected chi connectivity index (χ1v) is 9.45. The van der Waals surface area contributed by atoms with E-state index >= 15 is 0 Å². The summed E-state index contributed by atoms with van der Waals surface area (Å²) in [6, 6.07) is 9.25. The average Bonchev–Trinajstić information content (AvgIpc) is 3.52. The van der Waals surface area contributed by atoms with Crippen molar-refractivity contribution in [2.45, 2.75) is 44.2 Å². The van der Waals surface area contributed by atoms with Crippen LogP contribution in [0.15, 0.2) is 24.3 Å². The minimum atomic E-state index is -0.835. The van der Waals surface area contributed by atoms with E-state index in [1.54, 1.807) is 36.1 Å². The third kappa shape index (κ3) is 4.58. The molecule has 1 aromatic carbocycles. The Bertz CT molecular complexity index is 756. The smallest absolute Gasteiger partial charge is 0.256 e. The third-order valence-corrected chi connectivity index (χ3v) is 5.31. The number of likely N-dealkylation sites (tertiary alicyclic amines) is 1. The lowest BCUT2D eigenvalue weighted by Crippen LogP contribution is -2.48. The van der Waals surface area contributed by atoms with Gasteiger partial charge in [-0.05, 0) is 50.7 Å². The maximum absolute atomic E-state index is 12.8. The van der Waals surface area contributed by atoms with Crippen molar-refractivity contribution < 1.29 is 14.7 Å². The molecule has 2 atom stereocenters. The molecule has 0 bridgehead atoms. The van der Waals surface area contributed by atoms with Gasteiger partial charge in [-0.1, -0.05) is 12.1 Å². The van der Waals surface area contributed by atoms with Crippen LogP contribution in [0.3, 0.4) is 0 Å². The van der Waals surface area contributed by atoms with Gasteiger partial charge in [-0.3, -0.25) is 9.59 Å². The van der Waals surface area contributed by atoms with E-state index in [0.29, 0.717) is 30.8 Å². The van der Waals surface area contributed by atoms with E-state index in [4.69, 9.17) is 0 Å². The molecule has 3 rings (SSSR count). The molecule has 144 valence electrons. The van der Waals surface area contributed by atoms with Gasteiger partial charge in [0, 0.05) is 18.8 Å². The molecule has 1 saturated heterocycles. The summed E-state index contributed by atoms with van der Waals surface area (Å²) in [5, 5.41) is 25.0. The summed E-state index contributed by atoms with van der Waals surface area (Å²) in [4.78, 5) is 26.8. The van der Waals surface area contributed by atoms with Gasteiger partial charge in [-0.15, -0.1) is 0 Å². The maximum atomic E-state index is 12.8. The van der Waals surface area contributed by atoms with E-state index in [9.17, 15) is 20.0 Å². The van der Waals surface area contributed by atoms with Crippen molar-refractivity contribution >= 4 is 17.5 Å². The maximum Gasteiger partial charge on any atom is 0.256 e. The summed E-state index contributed by atoms with van der Waals surface area (Å²) in [5.41, 5.74) is 0.213. The number of amides is 2. The van der Waals surface area contributed by atoms with Crippen molar-refractivity contribution in [3.63, 3.8) is 0 Å². The van der Waals surface area contributed by atoms with Crippen molar-refractivity contribution in [3.8, 4) is 6.07 Å². The lowest BCUT2D eigenvalue weighted by Gasteiger charge is -2.30. The molecule has 1 heterocycles. The highest BCUT2D eigenvalue weighted by atomic mass is 16.3. The Morgan fingerprint density at radius 1 is 1.33 bits per heavy atom. The number of hydrogen-bond acceptors (Lipinski definition) is 5. The SMILES string of the molecule is CC(C#N)(NC(=O)CNc1ccccc1C(=O)N1CCCC(O)C1)C1CC1. The Kier molecular flexibility index (Phi) is 5.66. The molecule has 0 aromatic heterocycles. The Balaban J connectivity index is 1.63. The minimum absolute atomic E-state index is 0.0170. The summed E-state index contributed by atoms with van der Waals surface area (Å²) in [6.07, 6.45) is 2.91. The van der Waals surface area contributed by atoms with E-state index in [1.807, 2.05) is 0 Å². The van der Waals surface area contributed by atoms with E-state index in [0.717, 1.165) is 19.3 Å². The van der Waals surface area contributed by atoms with E-state index < -0.39 is 11.6 Å². The Labute approximate surface area is 159 Å². The number of nitriles is 1. The Morgan fingerprint density at radius 3 is 2.74 bits per heavy atom. The molecule has 2 unspecified atom stereocenters. The van der Waals surface area contributed by atoms with Gasteiger partial charge in [0.2, 0.25) is 5.91 Å². The Morgan fingerprint density at radius 2 is 2.07 bits per heavy atom. The van der Waals surface area contributed by atoms with Crippen LogP contribution in [0.1, 0.15) is 43.0 Å². The second kappa shape index (κ2) is 7.97. The average molecular weight is 370 g/mol. The third-order valence-electron chi connectivity index (χ3n) is 5.31. The second-order valence-electron chi connectivity index (χ2n) is 7.58. The molecule has 0 spiro atoms. The first kappa shape index (κ1) is 19.2. The van der Waals surface area contributed by atoms with Crippen LogP contribution in [0.5, 0.6) is 0 Å². The van der Waals surface area contributed by atoms with E-state index in [1.165, 1.54) is 0 Å². The summed E-state index contributed by atoms with van der Waals surface area (Å²) < 4.78 is 0. The van der Waals surface area contributed by atoms with Crippen LogP contribution >= 0.6 is 0 Å². The number of carbonyl (C=O) groups is 2. The van der Waals surface area contributed by atoms with Crippen molar-refractivity contribution in [1.29, 1.82) is 5.26 Å². The van der Waals surface area contributed by atoms with Crippen LogP contribution in [0.2, 0.25) is 0 Å². The predicted octanol–water partition coefficient (Wildman–Crippen LogP) is 1.50. The van der Waals surface area contributed by atoms with Crippen LogP contribution in [-0.4, -0.2) is 53.1 Å². The number of carbonyl (C=O) groups excluding carboxylic acids is 2. The van der Waals surface area contributed by atoms with Crippen LogP contribution < -0.4 is 10.6 Å². The number of aliphatic hydroxyl groups excluding tert-OH is 1. The summed E-state index contributed by atoms with van der Waals surface area (Å²) in [6.45, 7) is 2.68. The topological polar surface area (TPSA) is 105 Å². The number of benzene rings is 1. The van der Waals surface area contributed by atoms with Crippen molar-refractivity contribution in [1.82, 2.24) is 10.2 Å². The van der Waals surface area contributed by atoms with Crippen molar-refractivity contribution in [3.05, 3.63) is 29.8 Å². The summed E-state index contributed by atoms with van der Waals surface area (Å²) >= 11 is 0. The fraction of sp³-hybridized carbons (Fsp3) is 0.550. The van der Waals surface area contributed by atoms with Gasteiger partial charge < -0.3 is 20.6 Å². The van der Waals surface area contributed by atoms with Gasteiger partial charge in [0.1, 0.15) is 5.54 Å². The zero-order chi connectivity index (χ0) is 19.4. The van der Waals surface area contributed by atoms with Gasteiger partial charge in [0.15, 0.2) is 0 Å². The molecule has 1 saturated carbocycles. The monoisotopic (exact) mass is 370 g/mol. The first-order valence-electron chi connectivity index (χ1n) is 9.45. The van der Waals surface area contributed by atoms with Gasteiger partial charge in [-0.2, -0.15) is 5.26 Å². The standard InChI is InChI=1S/C20H26N4O3/c1-20(13-21,14-8-9-14)23-18(26)11-22-17-7-3-2-6-16(17)19(27)24-10-4-5-15(25)12-24/h2-3,6-7,14-15,22,25H,4-5,8-12H2,1H3,(H,23,26). The molecule has 2 fully saturated rings. The molecule has 2 amide bonds. The molecule has 27 heavy (non-hydrogen) atoms. The lowest BCUT2D eigenvalue weighted by atomic mass is 9.98. The van der Waals surface area contributed by atoms with Crippen LogP contribution in [-0.2, 0) is 4.79 Å². The summed E-state index contributed by atoms with van der Waals surface area (Å²) in [7, 11) is 0. The fourth-order valence-electron chi connectivity index (χ4n) is 3.52. The highest BCUT2D eigenvalue weighted by molar-refractivity contribution is 6.00. The largest absolute Gasteiger partial charge is 0.391 e. The number of para-hydroxylation sites is 1. The molecular formula is C20H26N4O3. The number of rotatable bonds is 6. The molecular weight excluding hydrogens is 344 g/mol. The quantitative estimate of drug-likeness (QED) is 0.704. The van der Waals surface area contributed by atoms with Crippen molar-refractivity contribution in [2.24, 2.45) is 5.92 Å². The van der Waals surface area contributed by atoms with Crippen LogP contribution in [0.25, 0.3) is 0 Å². The Hall–Kier alpha value is -2.59. The minimum Gasteiger partial charge on any atom is -0.391 e. The number of aliphatic hydroxyl groups is 1. The van der Waals surface area contributed by atoms with Gasteiger partial charge in [-0.25, -0.2) is 0 Å². The predicted molar refractivity (Wildman–Crippen MR) is 101 cm³/mol. The van der Waals surface area contributed by atoms with Gasteiger partial charge in [0.25, 0.3) is 5.91 Å². The number of β-amino-alcohol motifs (C(OH)–C–C–N with tert-alkyl or cyclic N) is 1. The number of nitrogens with zero attached hydrogens (tertiary/aromatic N) is 2. The molecule has 1 aliphatic heterocycles. The van der Waals surface area contributed by atoms with E-state index in [2.05, 4.69) is 16.7 Å². The number of piperidine rings is 1.